The Kier molecular flexibility index (Phi) is 4.93. The first-order valence-electron chi connectivity index (χ1n) is 7.87. The fourth-order valence-electron chi connectivity index (χ4n) is 2.85. The van der Waals surface area contributed by atoms with Crippen molar-refractivity contribution >= 4 is 23.4 Å². The number of phenolic OH excluding ortho intramolecular Hbond substituents is 1. The molecule has 0 saturated heterocycles. The van der Waals surface area contributed by atoms with Gasteiger partial charge in [0.2, 0.25) is 0 Å². The molecule has 25 heavy (non-hydrogen) atoms. The van der Waals surface area contributed by atoms with Crippen LogP contribution in [0.3, 0.4) is 0 Å². The van der Waals surface area contributed by atoms with Crippen LogP contribution in [0, 0.1) is 6.92 Å². The van der Waals surface area contributed by atoms with Crippen LogP contribution in [0.4, 0.5) is 0 Å². The molecule has 1 aliphatic carbocycles. The number of ketones is 1. The molecule has 0 bridgehead atoms. The first kappa shape index (κ1) is 17.3. The molecule has 0 heterocycles. The predicted octanol–water partition coefficient (Wildman–Crippen LogP) is 5.15. The van der Waals surface area contributed by atoms with E-state index in [0.29, 0.717) is 17.6 Å². The Morgan fingerprint density at radius 2 is 1.80 bits per heavy atom. The van der Waals surface area contributed by atoms with E-state index in [2.05, 4.69) is 0 Å². The van der Waals surface area contributed by atoms with Gasteiger partial charge in [-0.1, -0.05) is 30.3 Å². The van der Waals surface area contributed by atoms with Crippen molar-refractivity contribution in [3.05, 3.63) is 88.5 Å². The van der Waals surface area contributed by atoms with E-state index in [0.717, 1.165) is 32.7 Å². The second-order valence-electron chi connectivity index (χ2n) is 5.94. The highest BCUT2D eigenvalue weighted by atomic mass is 32.2. The van der Waals surface area contributed by atoms with Crippen molar-refractivity contribution < 1.29 is 14.5 Å². The van der Waals surface area contributed by atoms with Gasteiger partial charge in [0.15, 0.2) is 5.78 Å². The number of benzene rings is 2. The third-order valence-electron chi connectivity index (χ3n) is 4.20. The molecule has 2 N–H and O–H groups in total. The van der Waals surface area contributed by atoms with Crippen LogP contribution < -0.4 is 0 Å². The minimum Gasteiger partial charge on any atom is -0.508 e. The average Bonchev–Trinajstić information content (AvgIpc) is 2.62. The third-order valence-corrected chi connectivity index (χ3v) is 4.76. The molecule has 0 aromatic heterocycles. The number of phenols is 1. The maximum atomic E-state index is 11.8. The second-order valence-corrected chi connectivity index (χ2v) is 6.57. The lowest BCUT2D eigenvalue weighted by Crippen LogP contribution is -2.03. The van der Waals surface area contributed by atoms with Crippen molar-refractivity contribution in [3.8, 4) is 5.75 Å². The van der Waals surface area contributed by atoms with Crippen LogP contribution in [0.1, 0.15) is 23.6 Å². The number of hydrogen-bond acceptors (Lipinski definition) is 4. The zero-order valence-corrected chi connectivity index (χ0v) is 14.8. The lowest BCUT2D eigenvalue weighted by molar-refractivity contribution is -0.111. The Morgan fingerprint density at radius 3 is 2.48 bits per heavy atom. The zero-order chi connectivity index (χ0) is 18.0. The summed E-state index contributed by atoms with van der Waals surface area (Å²) < 4.78 is 9.67. The molecule has 0 radical (unpaired) electrons. The Balaban J connectivity index is 2.31. The molecule has 3 rings (SSSR count). The van der Waals surface area contributed by atoms with Crippen molar-refractivity contribution in [2.45, 2.75) is 18.7 Å². The molecule has 126 valence electrons. The van der Waals surface area contributed by atoms with Gasteiger partial charge in [-0.3, -0.25) is 4.79 Å². The van der Waals surface area contributed by atoms with Gasteiger partial charge in [0.1, 0.15) is 5.75 Å². The van der Waals surface area contributed by atoms with E-state index in [1.54, 1.807) is 25.1 Å². The smallest absolute Gasteiger partial charge is 0.181 e. The molecule has 3 nitrogen and oxygen atoms in total. The Morgan fingerprint density at radius 1 is 1.04 bits per heavy atom. The number of carbonyl (C=O) groups is 1. The minimum absolute atomic E-state index is 0.00481. The number of aryl methyl sites for hydroxylation is 1. The average molecular weight is 350 g/mol. The van der Waals surface area contributed by atoms with Gasteiger partial charge >= 0.3 is 0 Å². The summed E-state index contributed by atoms with van der Waals surface area (Å²) >= 11 is 0.696. The summed E-state index contributed by atoms with van der Waals surface area (Å²) in [5.74, 6) is 0.230. The fourth-order valence-corrected chi connectivity index (χ4v) is 3.25. The van der Waals surface area contributed by atoms with Crippen LogP contribution in [0.2, 0.25) is 0 Å². The number of hydrogen-bond donors (Lipinski definition) is 2. The summed E-state index contributed by atoms with van der Waals surface area (Å²) in [6.07, 6.45) is 5.22. The van der Waals surface area contributed by atoms with Crippen molar-refractivity contribution in [2.24, 2.45) is 0 Å². The van der Waals surface area contributed by atoms with Crippen LogP contribution in [-0.4, -0.2) is 15.4 Å². The molecule has 0 amide bonds. The first-order chi connectivity index (χ1) is 12.0. The number of carbonyl (C=O) groups excluding carboxylic acids is 1. The largest absolute Gasteiger partial charge is 0.508 e. The molecule has 0 fully saturated rings. The van der Waals surface area contributed by atoms with Crippen LogP contribution in [0.25, 0.3) is 5.57 Å². The summed E-state index contributed by atoms with van der Waals surface area (Å²) in [6.45, 7) is 3.63. The van der Waals surface area contributed by atoms with Gasteiger partial charge in [-0.05, 0) is 77.6 Å². The van der Waals surface area contributed by atoms with Crippen molar-refractivity contribution in [2.75, 3.05) is 0 Å². The molecule has 0 atom stereocenters. The van der Waals surface area contributed by atoms with Gasteiger partial charge in [-0.15, -0.1) is 0 Å². The highest BCUT2D eigenvalue weighted by Crippen LogP contribution is 2.36. The van der Waals surface area contributed by atoms with Crippen molar-refractivity contribution in [1.29, 1.82) is 0 Å². The standard InChI is InChI=1S/C21H18O3S/c1-13-11-15(7-9-18(13)22)21(16-8-10-19(23)14(2)12-16)17-5-3-4-6-20(17)25-24/h3-12,22,24H,1-2H3/b21-16-. The molecule has 0 spiro atoms. The normalized spacial score (nSPS) is 16.0. The summed E-state index contributed by atoms with van der Waals surface area (Å²) in [5, 5.41) is 9.85. The second kappa shape index (κ2) is 7.13. The molecular formula is C21H18O3S. The van der Waals surface area contributed by atoms with Crippen LogP contribution >= 0.6 is 12.0 Å². The third kappa shape index (κ3) is 3.45. The maximum Gasteiger partial charge on any atom is 0.181 e. The SMILES string of the molecule is CC1=C/C(=C(/c2ccc(O)c(C)c2)c2ccccc2SO)C=CC1=O. The Labute approximate surface area is 151 Å². The molecule has 0 unspecified atom stereocenters. The maximum absolute atomic E-state index is 11.8. The number of aromatic hydroxyl groups is 1. The van der Waals surface area contributed by atoms with Crippen LogP contribution in [0.5, 0.6) is 5.75 Å². The van der Waals surface area contributed by atoms with Gasteiger partial charge in [0.25, 0.3) is 0 Å². The van der Waals surface area contributed by atoms with Crippen molar-refractivity contribution in [1.82, 2.24) is 0 Å². The van der Waals surface area contributed by atoms with Gasteiger partial charge in [-0.25, -0.2) is 0 Å². The lowest BCUT2D eigenvalue weighted by atomic mass is 9.88. The predicted molar refractivity (Wildman–Crippen MR) is 102 cm³/mol. The van der Waals surface area contributed by atoms with Gasteiger partial charge in [-0.2, -0.15) is 0 Å². The zero-order valence-electron chi connectivity index (χ0n) is 14.0. The molecule has 2 aromatic rings. The Bertz CT molecular complexity index is 936. The molecule has 0 aliphatic heterocycles. The minimum atomic E-state index is -0.00481. The van der Waals surface area contributed by atoms with Gasteiger partial charge < -0.3 is 9.66 Å². The van der Waals surface area contributed by atoms with Gasteiger partial charge in [0.05, 0.1) is 0 Å². The quantitative estimate of drug-likeness (QED) is 0.751. The molecule has 1 aliphatic rings. The molecule has 0 saturated carbocycles. The van der Waals surface area contributed by atoms with E-state index in [9.17, 15) is 14.5 Å². The first-order valence-corrected chi connectivity index (χ1v) is 8.64. The van der Waals surface area contributed by atoms with E-state index in [-0.39, 0.29) is 11.5 Å². The molecular weight excluding hydrogens is 332 g/mol. The monoisotopic (exact) mass is 350 g/mol. The highest BCUT2D eigenvalue weighted by molar-refractivity contribution is 7.93. The summed E-state index contributed by atoms with van der Waals surface area (Å²) in [4.78, 5) is 12.5. The fraction of sp³-hybridized carbons (Fsp3) is 0.0952. The highest BCUT2D eigenvalue weighted by Gasteiger charge is 2.17. The van der Waals surface area contributed by atoms with Crippen LogP contribution in [-0.2, 0) is 4.79 Å². The van der Waals surface area contributed by atoms with E-state index in [1.807, 2.05) is 49.4 Å². The van der Waals surface area contributed by atoms with E-state index in [1.165, 1.54) is 0 Å². The van der Waals surface area contributed by atoms with Gasteiger partial charge in [0, 0.05) is 16.9 Å². The van der Waals surface area contributed by atoms with Crippen LogP contribution in [0.15, 0.2) is 76.7 Å². The summed E-state index contributed by atoms with van der Waals surface area (Å²) in [5.41, 5.74) is 5.01. The van der Waals surface area contributed by atoms with E-state index in [4.69, 9.17) is 0 Å². The molecule has 4 heteroatoms. The molecule has 2 aromatic carbocycles. The van der Waals surface area contributed by atoms with Crippen molar-refractivity contribution in [3.63, 3.8) is 0 Å². The Hall–Kier alpha value is -2.56. The lowest BCUT2D eigenvalue weighted by Gasteiger charge is -2.17. The topological polar surface area (TPSA) is 57.5 Å². The number of rotatable bonds is 3. The van der Waals surface area contributed by atoms with E-state index >= 15 is 0 Å². The van der Waals surface area contributed by atoms with E-state index < -0.39 is 0 Å². The summed E-state index contributed by atoms with van der Waals surface area (Å²) in [7, 11) is 0. The number of allylic oxidation sites excluding steroid dienone is 5. The summed E-state index contributed by atoms with van der Waals surface area (Å²) in [6, 6.07) is 13.0.